The number of benzene rings is 1. The van der Waals surface area contributed by atoms with E-state index in [4.69, 9.17) is 4.74 Å². The van der Waals surface area contributed by atoms with Crippen LogP contribution >= 0.6 is 0 Å². The number of ether oxygens (including phenoxy) is 1. The topological polar surface area (TPSA) is 26.3 Å². The van der Waals surface area contributed by atoms with Crippen LogP contribution in [0.3, 0.4) is 0 Å². The molecule has 0 bridgehead atoms. The molecule has 0 saturated carbocycles. The van der Waals surface area contributed by atoms with E-state index in [-0.39, 0.29) is 0 Å². The molecule has 0 radical (unpaired) electrons. The number of carbonyl (C=O) groups excluding carboxylic acids is 1. The molecule has 0 atom stereocenters. The van der Waals surface area contributed by atoms with Crippen molar-refractivity contribution >= 4 is 6.29 Å². The Morgan fingerprint density at radius 3 is 2.27 bits per heavy atom. The molecule has 0 aliphatic rings. The fourth-order valence-electron chi connectivity index (χ4n) is 1.52. The van der Waals surface area contributed by atoms with Crippen molar-refractivity contribution in [2.45, 2.75) is 25.7 Å². The Kier molecular flexibility index (Phi) is 5.71. The van der Waals surface area contributed by atoms with Crippen molar-refractivity contribution in [3.8, 4) is 0 Å². The Morgan fingerprint density at radius 2 is 1.73 bits per heavy atom. The Morgan fingerprint density at radius 1 is 1.13 bits per heavy atom. The van der Waals surface area contributed by atoms with Gasteiger partial charge in [-0.25, -0.2) is 0 Å². The summed E-state index contributed by atoms with van der Waals surface area (Å²) in [4.78, 5) is 10.2. The van der Waals surface area contributed by atoms with Gasteiger partial charge in [-0.3, -0.25) is 0 Å². The predicted molar refractivity (Wildman–Crippen MR) is 61.0 cm³/mol. The van der Waals surface area contributed by atoms with Gasteiger partial charge in [-0.2, -0.15) is 0 Å². The first-order valence-electron chi connectivity index (χ1n) is 5.37. The Bertz CT molecular complexity index is 277. The molecule has 0 aliphatic heterocycles. The molecule has 0 fully saturated rings. The van der Waals surface area contributed by atoms with E-state index in [0.29, 0.717) is 6.42 Å². The molecular weight excluding hydrogens is 188 g/mol. The van der Waals surface area contributed by atoms with E-state index in [9.17, 15) is 4.79 Å². The summed E-state index contributed by atoms with van der Waals surface area (Å²) in [6.07, 6.45) is 4.54. The number of carbonyl (C=O) groups is 1. The summed E-state index contributed by atoms with van der Waals surface area (Å²) in [5.74, 6) is 0. The fourth-order valence-corrected chi connectivity index (χ4v) is 1.52. The van der Waals surface area contributed by atoms with Gasteiger partial charge in [0.05, 0.1) is 0 Å². The first kappa shape index (κ1) is 11.9. The number of hydrogen-bond acceptors (Lipinski definition) is 2. The van der Waals surface area contributed by atoms with Gasteiger partial charge in [0.25, 0.3) is 0 Å². The lowest BCUT2D eigenvalue weighted by molar-refractivity contribution is -0.107. The van der Waals surface area contributed by atoms with Gasteiger partial charge in [0.1, 0.15) is 6.29 Å². The molecule has 0 saturated heterocycles. The molecule has 1 aromatic rings. The maximum atomic E-state index is 10.2. The van der Waals surface area contributed by atoms with E-state index in [1.807, 2.05) is 0 Å². The molecule has 0 spiro atoms. The molecule has 1 rings (SSSR count). The quantitative estimate of drug-likeness (QED) is 0.506. The van der Waals surface area contributed by atoms with Crippen LogP contribution in [0, 0.1) is 0 Å². The second kappa shape index (κ2) is 7.18. The Labute approximate surface area is 91.3 Å². The van der Waals surface area contributed by atoms with Gasteiger partial charge in [-0.1, -0.05) is 24.3 Å². The number of rotatable bonds is 7. The van der Waals surface area contributed by atoms with Crippen LogP contribution in [0.2, 0.25) is 0 Å². The maximum Gasteiger partial charge on any atom is 0.120 e. The smallest absolute Gasteiger partial charge is 0.120 e. The largest absolute Gasteiger partial charge is 0.385 e. The molecule has 2 nitrogen and oxygen atoms in total. The maximum absolute atomic E-state index is 10.2. The second-order valence-corrected chi connectivity index (χ2v) is 3.62. The van der Waals surface area contributed by atoms with Gasteiger partial charge in [0.2, 0.25) is 0 Å². The molecule has 0 heterocycles. The zero-order chi connectivity index (χ0) is 10.9. The van der Waals surface area contributed by atoms with Gasteiger partial charge in [0.15, 0.2) is 0 Å². The lowest BCUT2D eigenvalue weighted by atomic mass is 10.1. The molecule has 0 N–H and O–H groups in total. The van der Waals surface area contributed by atoms with E-state index >= 15 is 0 Å². The third kappa shape index (κ3) is 4.75. The highest BCUT2D eigenvalue weighted by atomic mass is 16.5. The van der Waals surface area contributed by atoms with Crippen LogP contribution in [0.15, 0.2) is 24.3 Å². The van der Waals surface area contributed by atoms with E-state index < -0.39 is 0 Å². The SMILES string of the molecule is COCCCc1ccc(CCC=O)cc1. The Hall–Kier alpha value is -1.15. The normalized spacial score (nSPS) is 10.2. The number of aldehydes is 1. The molecule has 15 heavy (non-hydrogen) atoms. The zero-order valence-corrected chi connectivity index (χ0v) is 9.24. The minimum absolute atomic E-state index is 0.614. The van der Waals surface area contributed by atoms with Crippen molar-refractivity contribution < 1.29 is 9.53 Å². The van der Waals surface area contributed by atoms with E-state index in [2.05, 4.69) is 24.3 Å². The summed E-state index contributed by atoms with van der Waals surface area (Å²) >= 11 is 0. The van der Waals surface area contributed by atoms with Gasteiger partial charge in [0, 0.05) is 20.1 Å². The minimum Gasteiger partial charge on any atom is -0.385 e. The van der Waals surface area contributed by atoms with Gasteiger partial charge in [-0.05, 0) is 30.4 Å². The third-order valence-electron chi connectivity index (χ3n) is 2.39. The number of aryl methyl sites for hydroxylation is 2. The van der Waals surface area contributed by atoms with Crippen LogP contribution in [-0.4, -0.2) is 20.0 Å². The van der Waals surface area contributed by atoms with Crippen LogP contribution in [0.1, 0.15) is 24.0 Å². The molecule has 0 unspecified atom stereocenters. The fraction of sp³-hybridized carbons (Fsp3) is 0.462. The summed E-state index contributed by atoms with van der Waals surface area (Å²) in [5, 5.41) is 0. The van der Waals surface area contributed by atoms with Gasteiger partial charge in [-0.15, -0.1) is 0 Å². The lowest BCUT2D eigenvalue weighted by Crippen LogP contribution is -1.93. The first-order chi connectivity index (χ1) is 7.36. The average Bonchev–Trinajstić information content (AvgIpc) is 2.28. The van der Waals surface area contributed by atoms with Crippen molar-refractivity contribution in [2.24, 2.45) is 0 Å². The molecule has 82 valence electrons. The van der Waals surface area contributed by atoms with Crippen molar-refractivity contribution in [1.82, 2.24) is 0 Å². The summed E-state index contributed by atoms with van der Waals surface area (Å²) in [6, 6.07) is 8.48. The highest BCUT2D eigenvalue weighted by molar-refractivity contribution is 5.50. The summed E-state index contributed by atoms with van der Waals surface area (Å²) in [5.41, 5.74) is 2.57. The van der Waals surface area contributed by atoms with E-state index in [0.717, 1.165) is 32.2 Å². The zero-order valence-electron chi connectivity index (χ0n) is 9.24. The van der Waals surface area contributed by atoms with Gasteiger partial charge >= 0.3 is 0 Å². The van der Waals surface area contributed by atoms with Crippen LogP contribution in [0.4, 0.5) is 0 Å². The Balaban J connectivity index is 2.38. The molecule has 2 heteroatoms. The monoisotopic (exact) mass is 206 g/mol. The van der Waals surface area contributed by atoms with Crippen LogP contribution in [-0.2, 0) is 22.4 Å². The van der Waals surface area contributed by atoms with Crippen LogP contribution in [0.25, 0.3) is 0 Å². The van der Waals surface area contributed by atoms with Crippen molar-refractivity contribution in [3.63, 3.8) is 0 Å². The van der Waals surface area contributed by atoms with Crippen molar-refractivity contribution in [3.05, 3.63) is 35.4 Å². The highest BCUT2D eigenvalue weighted by Gasteiger charge is 1.95. The number of methoxy groups -OCH3 is 1. The molecule has 0 amide bonds. The standard InChI is InChI=1S/C13H18O2/c1-15-11-3-5-13-8-6-12(7-9-13)4-2-10-14/h6-10H,2-5,11H2,1H3. The average molecular weight is 206 g/mol. The second-order valence-electron chi connectivity index (χ2n) is 3.62. The lowest BCUT2D eigenvalue weighted by Gasteiger charge is -2.02. The highest BCUT2D eigenvalue weighted by Crippen LogP contribution is 2.08. The molecule has 0 aromatic heterocycles. The first-order valence-corrected chi connectivity index (χ1v) is 5.37. The minimum atomic E-state index is 0.614. The van der Waals surface area contributed by atoms with Crippen LogP contribution < -0.4 is 0 Å². The molecule has 0 aliphatic carbocycles. The van der Waals surface area contributed by atoms with Crippen molar-refractivity contribution in [1.29, 1.82) is 0 Å². The van der Waals surface area contributed by atoms with E-state index in [1.54, 1.807) is 7.11 Å². The predicted octanol–water partition coefficient (Wildman–Crippen LogP) is 2.40. The molecule has 1 aromatic carbocycles. The summed E-state index contributed by atoms with van der Waals surface area (Å²) in [7, 11) is 1.72. The third-order valence-corrected chi connectivity index (χ3v) is 2.39. The number of hydrogen-bond donors (Lipinski definition) is 0. The summed E-state index contributed by atoms with van der Waals surface area (Å²) in [6.45, 7) is 0.812. The van der Waals surface area contributed by atoms with Crippen LogP contribution in [0.5, 0.6) is 0 Å². The van der Waals surface area contributed by atoms with Crippen molar-refractivity contribution in [2.75, 3.05) is 13.7 Å². The van der Waals surface area contributed by atoms with Gasteiger partial charge < -0.3 is 9.53 Å². The molecular formula is C13H18O2. The summed E-state index contributed by atoms with van der Waals surface area (Å²) < 4.78 is 5.00. The van der Waals surface area contributed by atoms with E-state index in [1.165, 1.54) is 11.1 Å².